The molecule has 0 saturated heterocycles. The van der Waals surface area contributed by atoms with E-state index in [4.69, 9.17) is 10.2 Å². The molecule has 2 N–H and O–H groups in total. The van der Waals surface area contributed by atoms with Crippen LogP contribution >= 0.6 is 0 Å². The molecule has 2 heterocycles. The van der Waals surface area contributed by atoms with E-state index in [1.807, 2.05) is 37.1 Å². The highest BCUT2D eigenvalue weighted by molar-refractivity contribution is 5.25. The Morgan fingerprint density at radius 2 is 2.17 bits per heavy atom. The second kappa shape index (κ2) is 5.14. The summed E-state index contributed by atoms with van der Waals surface area (Å²) in [6, 6.07) is 6.10. The van der Waals surface area contributed by atoms with Crippen LogP contribution in [0, 0.1) is 6.92 Å². The first-order chi connectivity index (χ1) is 8.56. The van der Waals surface area contributed by atoms with Crippen molar-refractivity contribution >= 4 is 6.01 Å². The number of aromatic nitrogens is 3. The highest BCUT2D eigenvalue weighted by Crippen LogP contribution is 2.16. The van der Waals surface area contributed by atoms with Crippen molar-refractivity contribution in [3.05, 3.63) is 35.5 Å². The summed E-state index contributed by atoms with van der Waals surface area (Å²) < 4.78 is 5.46. The van der Waals surface area contributed by atoms with Gasteiger partial charge in [0.2, 0.25) is 5.89 Å². The van der Waals surface area contributed by atoms with Crippen LogP contribution < -0.4 is 10.6 Å². The highest BCUT2D eigenvalue weighted by Gasteiger charge is 2.13. The van der Waals surface area contributed by atoms with E-state index in [1.165, 1.54) is 0 Å². The van der Waals surface area contributed by atoms with Gasteiger partial charge in [0.1, 0.15) is 0 Å². The van der Waals surface area contributed by atoms with E-state index >= 15 is 0 Å². The van der Waals surface area contributed by atoms with Gasteiger partial charge in [-0.05, 0) is 26.0 Å². The third kappa shape index (κ3) is 2.84. The van der Waals surface area contributed by atoms with E-state index in [0.717, 1.165) is 11.4 Å². The molecule has 0 fully saturated rings. The quantitative estimate of drug-likeness (QED) is 0.880. The summed E-state index contributed by atoms with van der Waals surface area (Å²) in [5.41, 5.74) is 7.62. The Labute approximate surface area is 106 Å². The van der Waals surface area contributed by atoms with Crippen LogP contribution in [0.3, 0.4) is 0 Å². The van der Waals surface area contributed by atoms with E-state index in [9.17, 15) is 0 Å². The number of hydrogen-bond donors (Lipinski definition) is 1. The van der Waals surface area contributed by atoms with Crippen LogP contribution in [-0.4, -0.2) is 22.2 Å². The van der Waals surface area contributed by atoms with Gasteiger partial charge in [-0.25, -0.2) is 0 Å². The van der Waals surface area contributed by atoms with Crippen molar-refractivity contribution in [3.63, 3.8) is 0 Å². The molecule has 0 saturated carbocycles. The van der Waals surface area contributed by atoms with Crippen molar-refractivity contribution in [1.82, 2.24) is 15.2 Å². The fourth-order valence-corrected chi connectivity index (χ4v) is 1.56. The Hall–Kier alpha value is -1.95. The van der Waals surface area contributed by atoms with Gasteiger partial charge in [-0.2, -0.15) is 0 Å². The van der Waals surface area contributed by atoms with Crippen LogP contribution in [0.1, 0.15) is 30.2 Å². The molecule has 6 heteroatoms. The topological polar surface area (TPSA) is 81.1 Å². The summed E-state index contributed by atoms with van der Waals surface area (Å²) in [7, 11) is 1.88. The lowest BCUT2D eigenvalue weighted by molar-refractivity contribution is 0.460. The summed E-state index contributed by atoms with van der Waals surface area (Å²) >= 11 is 0. The maximum Gasteiger partial charge on any atom is 0.318 e. The van der Waals surface area contributed by atoms with Gasteiger partial charge in [0, 0.05) is 12.7 Å². The molecule has 6 nitrogen and oxygen atoms in total. The lowest BCUT2D eigenvalue weighted by atomic mass is 10.3. The molecule has 0 radical (unpaired) electrons. The van der Waals surface area contributed by atoms with Crippen LogP contribution in [0.15, 0.2) is 22.6 Å². The molecule has 2 aromatic rings. The standard InChI is InChI=1S/C12H17N5O/c1-8-5-4-6-10(14-8)7-17(3)12-16-15-11(18-12)9(2)13/h4-6,9H,7,13H2,1-3H3. The van der Waals surface area contributed by atoms with Crippen LogP contribution in [0.5, 0.6) is 0 Å². The summed E-state index contributed by atoms with van der Waals surface area (Å²) in [5.74, 6) is 0.439. The molecular formula is C12H17N5O. The summed E-state index contributed by atoms with van der Waals surface area (Å²) in [5, 5.41) is 7.85. The second-order valence-corrected chi connectivity index (χ2v) is 4.34. The molecule has 0 amide bonds. The zero-order valence-electron chi connectivity index (χ0n) is 10.8. The first-order valence-corrected chi connectivity index (χ1v) is 5.79. The average molecular weight is 247 g/mol. The zero-order valence-corrected chi connectivity index (χ0v) is 10.8. The van der Waals surface area contributed by atoms with Gasteiger partial charge >= 0.3 is 6.01 Å². The normalized spacial score (nSPS) is 12.4. The lowest BCUT2D eigenvalue weighted by Gasteiger charge is -2.13. The van der Waals surface area contributed by atoms with Crippen molar-refractivity contribution in [1.29, 1.82) is 0 Å². The minimum absolute atomic E-state index is 0.253. The maximum absolute atomic E-state index is 5.67. The van der Waals surface area contributed by atoms with Gasteiger partial charge in [0.05, 0.1) is 18.3 Å². The highest BCUT2D eigenvalue weighted by atomic mass is 16.4. The Kier molecular flexibility index (Phi) is 3.57. The molecule has 2 aromatic heterocycles. The lowest BCUT2D eigenvalue weighted by Crippen LogP contribution is -2.17. The van der Waals surface area contributed by atoms with Crippen molar-refractivity contribution in [2.24, 2.45) is 5.73 Å². The number of aryl methyl sites for hydroxylation is 1. The summed E-state index contributed by atoms with van der Waals surface area (Å²) in [4.78, 5) is 6.27. The van der Waals surface area contributed by atoms with Gasteiger partial charge < -0.3 is 15.1 Å². The molecule has 96 valence electrons. The number of hydrogen-bond acceptors (Lipinski definition) is 6. The third-order valence-electron chi connectivity index (χ3n) is 2.49. The fourth-order valence-electron chi connectivity index (χ4n) is 1.56. The van der Waals surface area contributed by atoms with Gasteiger partial charge in [-0.15, -0.1) is 5.10 Å². The van der Waals surface area contributed by atoms with Crippen LogP contribution in [0.4, 0.5) is 6.01 Å². The molecule has 0 aliphatic heterocycles. The number of nitrogens with zero attached hydrogens (tertiary/aromatic N) is 4. The maximum atomic E-state index is 5.67. The third-order valence-corrected chi connectivity index (χ3v) is 2.49. The molecule has 18 heavy (non-hydrogen) atoms. The van der Waals surface area contributed by atoms with E-state index in [1.54, 1.807) is 6.92 Å². The molecular weight excluding hydrogens is 230 g/mol. The predicted molar refractivity (Wildman–Crippen MR) is 68.0 cm³/mol. The number of anilines is 1. The predicted octanol–water partition coefficient (Wildman–Crippen LogP) is 1.43. The molecule has 0 aromatic carbocycles. The van der Waals surface area contributed by atoms with E-state index in [0.29, 0.717) is 18.5 Å². The molecule has 0 bridgehead atoms. The monoisotopic (exact) mass is 247 g/mol. The number of pyridine rings is 1. The van der Waals surface area contributed by atoms with Crippen LogP contribution in [-0.2, 0) is 6.54 Å². The van der Waals surface area contributed by atoms with Crippen LogP contribution in [0.2, 0.25) is 0 Å². The Bertz CT molecular complexity index is 523. The molecule has 1 atom stereocenters. The minimum atomic E-state index is -0.253. The van der Waals surface area contributed by atoms with Gasteiger partial charge in [0.25, 0.3) is 0 Å². The second-order valence-electron chi connectivity index (χ2n) is 4.34. The van der Waals surface area contributed by atoms with E-state index in [-0.39, 0.29) is 6.04 Å². The Morgan fingerprint density at radius 1 is 1.39 bits per heavy atom. The molecule has 0 aliphatic carbocycles. The first-order valence-electron chi connectivity index (χ1n) is 5.79. The summed E-state index contributed by atoms with van der Waals surface area (Å²) in [6.07, 6.45) is 0. The van der Waals surface area contributed by atoms with Crippen molar-refractivity contribution in [2.45, 2.75) is 26.4 Å². The summed E-state index contributed by atoms with van der Waals surface area (Å²) in [6.45, 7) is 4.38. The Balaban J connectivity index is 2.09. The molecule has 0 aliphatic rings. The van der Waals surface area contributed by atoms with Crippen molar-refractivity contribution in [3.8, 4) is 0 Å². The molecule has 1 unspecified atom stereocenters. The van der Waals surface area contributed by atoms with E-state index < -0.39 is 0 Å². The largest absolute Gasteiger partial charge is 0.406 e. The number of rotatable bonds is 4. The van der Waals surface area contributed by atoms with Crippen molar-refractivity contribution in [2.75, 3.05) is 11.9 Å². The van der Waals surface area contributed by atoms with Crippen molar-refractivity contribution < 1.29 is 4.42 Å². The van der Waals surface area contributed by atoms with Gasteiger partial charge in [-0.1, -0.05) is 11.2 Å². The SMILES string of the molecule is Cc1cccc(CN(C)c2nnc(C(C)N)o2)n1. The minimum Gasteiger partial charge on any atom is -0.406 e. The van der Waals surface area contributed by atoms with Gasteiger partial charge in [-0.3, -0.25) is 4.98 Å². The van der Waals surface area contributed by atoms with Gasteiger partial charge in [0.15, 0.2) is 0 Å². The average Bonchev–Trinajstić information content (AvgIpc) is 2.78. The van der Waals surface area contributed by atoms with E-state index in [2.05, 4.69) is 15.2 Å². The Morgan fingerprint density at radius 3 is 2.78 bits per heavy atom. The zero-order chi connectivity index (χ0) is 13.1. The first kappa shape index (κ1) is 12.5. The smallest absolute Gasteiger partial charge is 0.318 e. The molecule has 0 spiro atoms. The molecule has 2 rings (SSSR count). The van der Waals surface area contributed by atoms with Crippen LogP contribution in [0.25, 0.3) is 0 Å². The number of nitrogens with two attached hydrogens (primary N) is 1. The fraction of sp³-hybridized carbons (Fsp3) is 0.417.